The van der Waals surface area contributed by atoms with Crippen LogP contribution in [0.4, 0.5) is 11.4 Å². The van der Waals surface area contributed by atoms with E-state index in [-0.39, 0.29) is 23.0 Å². The first-order chi connectivity index (χ1) is 13.9. The van der Waals surface area contributed by atoms with Gasteiger partial charge >= 0.3 is 5.97 Å². The van der Waals surface area contributed by atoms with Crippen LogP contribution >= 0.6 is 0 Å². The summed E-state index contributed by atoms with van der Waals surface area (Å²) in [6.45, 7) is 1.35. The summed E-state index contributed by atoms with van der Waals surface area (Å²) in [6.07, 6.45) is 0. The van der Waals surface area contributed by atoms with Crippen molar-refractivity contribution in [1.82, 2.24) is 5.32 Å². The highest BCUT2D eigenvalue weighted by atomic mass is 16.6. The summed E-state index contributed by atoms with van der Waals surface area (Å²) in [5.74, 6) is -1.30. The predicted octanol–water partition coefficient (Wildman–Crippen LogP) is 3.36. The molecule has 0 aliphatic heterocycles. The molecular weight excluding hydrogens is 374 g/mol. The normalized spacial score (nSPS) is 11.6. The van der Waals surface area contributed by atoms with Gasteiger partial charge in [0.25, 0.3) is 11.6 Å². The molecule has 0 radical (unpaired) electrons. The number of anilines is 1. The number of nitrogens with zero attached hydrogens (tertiary/aromatic N) is 1. The molecule has 1 atom stereocenters. The van der Waals surface area contributed by atoms with E-state index in [1.807, 2.05) is 49.4 Å². The van der Waals surface area contributed by atoms with Crippen molar-refractivity contribution in [3.63, 3.8) is 0 Å². The number of nitrogens with two attached hydrogens (primary N) is 1. The van der Waals surface area contributed by atoms with Gasteiger partial charge in [0.1, 0.15) is 0 Å². The standard InChI is InChI=1S/C21H19N3O5/c1-13(16-8-4-6-14-5-2-3-7-17(14)16)23-20(25)12-29-21(26)18-10-9-15(24(27)28)11-19(18)22/h2-11,13H,12,22H2,1H3,(H,23,25)/t13-/m0/s1. The molecule has 1 amide bonds. The highest BCUT2D eigenvalue weighted by molar-refractivity contribution is 5.96. The minimum atomic E-state index is -0.828. The summed E-state index contributed by atoms with van der Waals surface area (Å²) in [5, 5.41) is 15.6. The molecule has 8 heteroatoms. The number of carbonyl (C=O) groups is 2. The quantitative estimate of drug-likeness (QED) is 0.286. The molecule has 0 spiro atoms. The maximum atomic E-state index is 12.2. The minimum Gasteiger partial charge on any atom is -0.452 e. The number of amides is 1. The molecule has 3 aromatic rings. The zero-order valence-corrected chi connectivity index (χ0v) is 15.6. The number of rotatable bonds is 6. The summed E-state index contributed by atoms with van der Waals surface area (Å²) in [6, 6.07) is 16.8. The van der Waals surface area contributed by atoms with E-state index in [1.54, 1.807) is 0 Å². The van der Waals surface area contributed by atoms with Gasteiger partial charge in [-0.15, -0.1) is 0 Å². The smallest absolute Gasteiger partial charge is 0.340 e. The van der Waals surface area contributed by atoms with Crippen molar-refractivity contribution in [3.8, 4) is 0 Å². The fraction of sp³-hybridized carbons (Fsp3) is 0.143. The number of ether oxygens (including phenoxy) is 1. The Morgan fingerprint density at radius 2 is 1.86 bits per heavy atom. The molecule has 148 valence electrons. The van der Waals surface area contributed by atoms with Gasteiger partial charge in [0.2, 0.25) is 0 Å². The van der Waals surface area contributed by atoms with Gasteiger partial charge < -0.3 is 15.8 Å². The number of hydrogen-bond donors (Lipinski definition) is 2. The Kier molecular flexibility index (Phi) is 5.73. The van der Waals surface area contributed by atoms with Crippen LogP contribution in [0.25, 0.3) is 10.8 Å². The Morgan fingerprint density at radius 3 is 2.59 bits per heavy atom. The molecule has 0 aliphatic rings. The van der Waals surface area contributed by atoms with Crippen LogP contribution in [0.3, 0.4) is 0 Å². The average Bonchev–Trinajstić information content (AvgIpc) is 2.71. The molecule has 0 saturated carbocycles. The van der Waals surface area contributed by atoms with E-state index in [0.717, 1.165) is 28.5 Å². The number of nitrogens with one attached hydrogen (secondary N) is 1. The fourth-order valence-corrected chi connectivity index (χ4v) is 3.05. The SMILES string of the molecule is C[C@H](NC(=O)COC(=O)c1ccc([N+](=O)[O-])cc1N)c1cccc2ccccc12. The summed E-state index contributed by atoms with van der Waals surface area (Å²) in [5.41, 5.74) is 6.26. The van der Waals surface area contributed by atoms with Crippen LogP contribution in [0.15, 0.2) is 60.7 Å². The second-order valence-corrected chi connectivity index (χ2v) is 6.46. The third-order valence-corrected chi connectivity index (χ3v) is 4.47. The number of non-ortho nitro benzene ring substituents is 1. The molecule has 0 aliphatic carbocycles. The van der Waals surface area contributed by atoms with E-state index in [9.17, 15) is 19.7 Å². The van der Waals surface area contributed by atoms with Gasteiger partial charge in [0, 0.05) is 12.1 Å². The van der Waals surface area contributed by atoms with Crippen LogP contribution in [0, 0.1) is 10.1 Å². The first-order valence-electron chi connectivity index (χ1n) is 8.85. The summed E-state index contributed by atoms with van der Waals surface area (Å²) in [7, 11) is 0. The topological polar surface area (TPSA) is 125 Å². The van der Waals surface area contributed by atoms with Crippen molar-refractivity contribution in [2.75, 3.05) is 12.3 Å². The predicted molar refractivity (Wildman–Crippen MR) is 108 cm³/mol. The lowest BCUT2D eigenvalue weighted by Gasteiger charge is -2.16. The van der Waals surface area contributed by atoms with E-state index in [0.29, 0.717) is 0 Å². The van der Waals surface area contributed by atoms with E-state index >= 15 is 0 Å². The van der Waals surface area contributed by atoms with E-state index in [1.165, 1.54) is 6.07 Å². The van der Waals surface area contributed by atoms with Gasteiger partial charge in [0.05, 0.1) is 22.2 Å². The molecule has 29 heavy (non-hydrogen) atoms. The van der Waals surface area contributed by atoms with Crippen LogP contribution in [0.5, 0.6) is 0 Å². The van der Waals surface area contributed by atoms with Crippen LogP contribution in [-0.2, 0) is 9.53 Å². The zero-order valence-electron chi connectivity index (χ0n) is 15.6. The van der Waals surface area contributed by atoms with Gasteiger partial charge in [-0.1, -0.05) is 42.5 Å². The molecule has 0 heterocycles. The molecule has 0 aromatic heterocycles. The highest BCUT2D eigenvalue weighted by Crippen LogP contribution is 2.24. The molecule has 0 bridgehead atoms. The molecule has 0 saturated heterocycles. The van der Waals surface area contributed by atoms with Crippen molar-refractivity contribution >= 4 is 34.0 Å². The van der Waals surface area contributed by atoms with Gasteiger partial charge in [-0.25, -0.2) is 4.79 Å². The Bertz CT molecular complexity index is 1090. The number of fused-ring (bicyclic) bond motifs is 1. The lowest BCUT2D eigenvalue weighted by Crippen LogP contribution is -2.31. The maximum absolute atomic E-state index is 12.2. The highest BCUT2D eigenvalue weighted by Gasteiger charge is 2.18. The summed E-state index contributed by atoms with van der Waals surface area (Å²) < 4.78 is 4.99. The number of nitro benzene ring substituents is 1. The number of nitro groups is 1. The maximum Gasteiger partial charge on any atom is 0.340 e. The van der Waals surface area contributed by atoms with Crippen LogP contribution in [0.2, 0.25) is 0 Å². The molecule has 3 rings (SSSR count). The van der Waals surface area contributed by atoms with Gasteiger partial charge in [-0.05, 0) is 29.3 Å². The molecule has 8 nitrogen and oxygen atoms in total. The molecule has 0 fully saturated rings. The Balaban J connectivity index is 1.62. The van der Waals surface area contributed by atoms with Crippen LogP contribution < -0.4 is 11.1 Å². The van der Waals surface area contributed by atoms with Crippen molar-refractivity contribution in [1.29, 1.82) is 0 Å². The summed E-state index contributed by atoms with van der Waals surface area (Å²) in [4.78, 5) is 34.5. The van der Waals surface area contributed by atoms with Crippen molar-refractivity contribution in [2.24, 2.45) is 0 Å². The number of benzene rings is 3. The van der Waals surface area contributed by atoms with Gasteiger partial charge in [-0.2, -0.15) is 0 Å². The Morgan fingerprint density at radius 1 is 1.14 bits per heavy atom. The van der Waals surface area contributed by atoms with Crippen molar-refractivity contribution < 1.29 is 19.2 Å². The molecule has 3 aromatic carbocycles. The first kappa shape index (κ1) is 19.8. The Labute approximate surface area is 166 Å². The lowest BCUT2D eigenvalue weighted by molar-refractivity contribution is -0.384. The number of carbonyl (C=O) groups excluding carboxylic acids is 2. The van der Waals surface area contributed by atoms with Crippen LogP contribution in [0.1, 0.15) is 28.9 Å². The molecule has 0 unspecified atom stereocenters. The second-order valence-electron chi connectivity index (χ2n) is 6.46. The number of hydrogen-bond acceptors (Lipinski definition) is 6. The third kappa shape index (κ3) is 4.49. The first-order valence-corrected chi connectivity index (χ1v) is 8.85. The lowest BCUT2D eigenvalue weighted by atomic mass is 10.00. The van der Waals surface area contributed by atoms with E-state index < -0.39 is 23.4 Å². The van der Waals surface area contributed by atoms with Gasteiger partial charge in [0.15, 0.2) is 6.61 Å². The van der Waals surface area contributed by atoms with Gasteiger partial charge in [-0.3, -0.25) is 14.9 Å². The van der Waals surface area contributed by atoms with E-state index in [2.05, 4.69) is 5.32 Å². The third-order valence-electron chi connectivity index (χ3n) is 4.47. The fourth-order valence-electron chi connectivity index (χ4n) is 3.05. The average molecular weight is 393 g/mol. The minimum absolute atomic E-state index is 0.0366. The molecular formula is C21H19N3O5. The van der Waals surface area contributed by atoms with Crippen LogP contribution in [-0.4, -0.2) is 23.4 Å². The monoisotopic (exact) mass is 393 g/mol. The van der Waals surface area contributed by atoms with E-state index in [4.69, 9.17) is 10.5 Å². The zero-order chi connectivity index (χ0) is 21.0. The molecule has 3 N–H and O–H groups in total. The largest absolute Gasteiger partial charge is 0.452 e. The summed E-state index contributed by atoms with van der Waals surface area (Å²) >= 11 is 0. The Hall–Kier alpha value is -3.94. The number of esters is 1. The van der Waals surface area contributed by atoms with Crippen molar-refractivity contribution in [2.45, 2.75) is 13.0 Å². The second kappa shape index (κ2) is 8.39. The number of nitrogen functional groups attached to an aromatic ring is 1. The van der Waals surface area contributed by atoms with Crippen molar-refractivity contribution in [3.05, 3.63) is 81.9 Å².